The highest BCUT2D eigenvalue weighted by Gasteiger charge is 2.17. The lowest BCUT2D eigenvalue weighted by molar-refractivity contribution is 0.0959. The number of carbonyl (C=O) groups excluding carboxylic acids is 1. The van der Waals surface area contributed by atoms with Crippen molar-refractivity contribution >= 4 is 41.0 Å². The molecule has 3 rings (SSSR count). The first-order valence-electron chi connectivity index (χ1n) is 7.39. The maximum atomic E-state index is 12.4. The third-order valence-corrected chi connectivity index (χ3v) is 4.86. The van der Waals surface area contributed by atoms with Gasteiger partial charge in [-0.15, -0.1) is 0 Å². The maximum Gasteiger partial charge on any atom is 0.285 e. The van der Waals surface area contributed by atoms with Gasteiger partial charge in [0.25, 0.3) is 5.91 Å². The lowest BCUT2D eigenvalue weighted by Crippen LogP contribution is -2.20. The van der Waals surface area contributed by atoms with Gasteiger partial charge in [-0.2, -0.15) is 5.10 Å². The maximum absolute atomic E-state index is 12.4. The predicted molar refractivity (Wildman–Crippen MR) is 103 cm³/mol. The van der Waals surface area contributed by atoms with Crippen LogP contribution in [0.1, 0.15) is 22.2 Å². The first-order chi connectivity index (χ1) is 12.1. The highest BCUT2D eigenvalue weighted by molar-refractivity contribution is 7.73. The quantitative estimate of drug-likeness (QED) is 0.419. The van der Waals surface area contributed by atoms with Crippen LogP contribution in [0.15, 0.2) is 60.0 Å². The fraction of sp³-hybridized carbons (Fsp3) is 0.0588. The molecular weight excluding hydrogens is 354 g/mol. The Labute approximate surface area is 153 Å². The summed E-state index contributed by atoms with van der Waals surface area (Å²) in [6, 6.07) is 13.1. The Hall–Kier alpha value is -2.84. The molecule has 6 nitrogen and oxygen atoms in total. The molecule has 0 bridgehead atoms. The molecule has 2 aromatic heterocycles. The average Bonchev–Trinajstić information content (AvgIpc) is 2.95. The summed E-state index contributed by atoms with van der Waals surface area (Å²) >= 11 is 6.50. The number of thiazole rings is 1. The van der Waals surface area contributed by atoms with Gasteiger partial charge in [-0.3, -0.25) is 14.3 Å². The van der Waals surface area contributed by atoms with E-state index in [9.17, 15) is 4.79 Å². The summed E-state index contributed by atoms with van der Waals surface area (Å²) in [5.74, 6) is -0.0977. The lowest BCUT2D eigenvalue weighted by atomic mass is 10.2. The summed E-state index contributed by atoms with van der Waals surface area (Å²) in [5, 5.41) is 4.11. The SMILES string of the molecule is C/C(=N/NC(=O)c1sc(=S)n(-c2ccccc2)c1N)c1cccnc1. The second-order valence-corrected chi connectivity index (χ2v) is 6.78. The summed E-state index contributed by atoms with van der Waals surface area (Å²) < 4.78 is 2.17. The minimum atomic E-state index is -0.397. The number of para-hydroxylation sites is 1. The van der Waals surface area contributed by atoms with Crippen molar-refractivity contribution in [1.29, 1.82) is 0 Å². The van der Waals surface area contributed by atoms with Gasteiger partial charge in [-0.05, 0) is 37.3 Å². The third-order valence-electron chi connectivity index (χ3n) is 3.47. The number of benzene rings is 1. The van der Waals surface area contributed by atoms with Crippen molar-refractivity contribution in [3.05, 3.63) is 69.3 Å². The molecule has 0 fully saturated rings. The zero-order valence-electron chi connectivity index (χ0n) is 13.3. The molecule has 0 aliphatic heterocycles. The molecule has 8 heteroatoms. The monoisotopic (exact) mass is 369 g/mol. The van der Waals surface area contributed by atoms with Gasteiger partial charge in [0.05, 0.1) is 5.71 Å². The highest BCUT2D eigenvalue weighted by Crippen LogP contribution is 2.26. The van der Waals surface area contributed by atoms with Crippen LogP contribution in [0.4, 0.5) is 5.82 Å². The van der Waals surface area contributed by atoms with E-state index in [1.54, 1.807) is 30.0 Å². The molecule has 0 spiro atoms. The number of aromatic nitrogens is 2. The molecule has 3 N–H and O–H groups in total. The van der Waals surface area contributed by atoms with Crippen molar-refractivity contribution < 1.29 is 4.79 Å². The summed E-state index contributed by atoms with van der Waals surface area (Å²) in [5.41, 5.74) is 10.9. The second kappa shape index (κ2) is 7.37. The standard InChI is InChI=1S/C17H15N5OS2/c1-11(12-6-5-9-19-10-12)20-21-16(23)14-15(18)22(17(24)25-14)13-7-3-2-4-8-13/h2-10H,18H2,1H3,(H,21,23)/b20-11-. The molecule has 1 amide bonds. The number of nitrogen functional groups attached to an aromatic ring is 1. The number of hydrogen-bond acceptors (Lipinski definition) is 6. The molecular formula is C17H15N5OS2. The number of amides is 1. The lowest BCUT2D eigenvalue weighted by Gasteiger charge is -2.06. The van der Waals surface area contributed by atoms with Crippen molar-refractivity contribution in [3.8, 4) is 5.69 Å². The molecule has 1 aromatic carbocycles. The number of pyridine rings is 1. The van der Waals surface area contributed by atoms with Crippen LogP contribution in [0.25, 0.3) is 5.69 Å². The summed E-state index contributed by atoms with van der Waals surface area (Å²) in [7, 11) is 0. The van der Waals surface area contributed by atoms with Crippen LogP contribution in [-0.2, 0) is 0 Å². The largest absolute Gasteiger partial charge is 0.383 e. The number of nitrogens with two attached hydrogens (primary N) is 1. The Kier molecular flexibility index (Phi) is 5.01. The topological polar surface area (TPSA) is 85.3 Å². The number of nitrogens with one attached hydrogen (secondary N) is 1. The molecule has 0 aliphatic rings. The van der Waals surface area contributed by atoms with E-state index in [0.29, 0.717) is 20.4 Å². The van der Waals surface area contributed by atoms with Crippen LogP contribution < -0.4 is 11.2 Å². The highest BCUT2D eigenvalue weighted by atomic mass is 32.1. The van der Waals surface area contributed by atoms with Crippen molar-refractivity contribution in [2.45, 2.75) is 6.92 Å². The molecule has 3 aromatic rings. The van der Waals surface area contributed by atoms with E-state index in [0.717, 1.165) is 22.6 Å². The number of nitrogens with zero attached hydrogens (tertiary/aromatic N) is 3. The smallest absolute Gasteiger partial charge is 0.285 e. The Morgan fingerprint density at radius 1 is 1.28 bits per heavy atom. The van der Waals surface area contributed by atoms with Crippen molar-refractivity contribution in [2.75, 3.05) is 5.73 Å². The number of carbonyl (C=O) groups is 1. The Morgan fingerprint density at radius 2 is 2.04 bits per heavy atom. The van der Waals surface area contributed by atoms with Gasteiger partial charge in [0.2, 0.25) is 0 Å². The van der Waals surface area contributed by atoms with Gasteiger partial charge < -0.3 is 5.73 Å². The van der Waals surface area contributed by atoms with Crippen LogP contribution in [0.5, 0.6) is 0 Å². The van der Waals surface area contributed by atoms with Crippen LogP contribution in [0.2, 0.25) is 0 Å². The van der Waals surface area contributed by atoms with Gasteiger partial charge in [0.1, 0.15) is 10.7 Å². The molecule has 126 valence electrons. The van der Waals surface area contributed by atoms with E-state index in [1.165, 1.54) is 0 Å². The molecule has 0 aliphatic carbocycles. The Balaban J connectivity index is 1.86. The minimum Gasteiger partial charge on any atom is -0.383 e. The van der Waals surface area contributed by atoms with E-state index in [1.807, 2.05) is 36.4 Å². The molecule has 25 heavy (non-hydrogen) atoms. The normalized spacial score (nSPS) is 11.3. The Bertz CT molecular complexity index is 977. The van der Waals surface area contributed by atoms with E-state index in [4.69, 9.17) is 18.0 Å². The van der Waals surface area contributed by atoms with Crippen molar-refractivity contribution in [2.24, 2.45) is 5.10 Å². The molecule has 0 radical (unpaired) electrons. The van der Waals surface area contributed by atoms with Gasteiger partial charge in [0, 0.05) is 23.6 Å². The van der Waals surface area contributed by atoms with Gasteiger partial charge >= 0.3 is 0 Å². The van der Waals surface area contributed by atoms with Crippen molar-refractivity contribution in [3.63, 3.8) is 0 Å². The number of hydrogen-bond donors (Lipinski definition) is 2. The van der Waals surface area contributed by atoms with Crippen molar-refractivity contribution in [1.82, 2.24) is 15.0 Å². The van der Waals surface area contributed by atoms with E-state index >= 15 is 0 Å². The average molecular weight is 369 g/mol. The number of rotatable bonds is 4. The molecule has 0 saturated heterocycles. The van der Waals surface area contributed by atoms with Gasteiger partial charge in [-0.1, -0.05) is 35.6 Å². The fourth-order valence-electron chi connectivity index (χ4n) is 2.20. The van der Waals surface area contributed by atoms with E-state index in [-0.39, 0.29) is 0 Å². The van der Waals surface area contributed by atoms with Crippen LogP contribution in [0.3, 0.4) is 0 Å². The molecule has 2 heterocycles. The zero-order chi connectivity index (χ0) is 17.8. The van der Waals surface area contributed by atoms with Gasteiger partial charge in [-0.25, -0.2) is 5.43 Å². The van der Waals surface area contributed by atoms with Gasteiger partial charge in [0.15, 0.2) is 3.95 Å². The predicted octanol–water partition coefficient (Wildman–Crippen LogP) is 3.40. The number of hydrazone groups is 1. The van der Waals surface area contributed by atoms with Crippen LogP contribution in [0, 0.1) is 3.95 Å². The zero-order valence-corrected chi connectivity index (χ0v) is 15.0. The summed E-state index contributed by atoms with van der Waals surface area (Å²) in [6.45, 7) is 1.79. The van der Waals surface area contributed by atoms with E-state index in [2.05, 4.69) is 15.5 Å². The Morgan fingerprint density at radius 3 is 2.72 bits per heavy atom. The fourth-order valence-corrected chi connectivity index (χ4v) is 3.45. The first-order valence-corrected chi connectivity index (χ1v) is 8.62. The first kappa shape index (κ1) is 17.0. The minimum absolute atomic E-state index is 0.299. The van der Waals surface area contributed by atoms with E-state index < -0.39 is 5.91 Å². The number of anilines is 1. The van der Waals surface area contributed by atoms with Crippen LogP contribution in [-0.4, -0.2) is 21.2 Å². The molecule has 0 unspecified atom stereocenters. The summed E-state index contributed by atoms with van der Waals surface area (Å²) in [4.78, 5) is 16.8. The van der Waals surface area contributed by atoms with Crippen LogP contribution >= 0.6 is 23.6 Å². The summed E-state index contributed by atoms with van der Waals surface area (Å²) in [6.07, 6.45) is 3.35. The molecule has 0 saturated carbocycles. The molecule has 0 atom stereocenters. The third kappa shape index (κ3) is 3.65. The second-order valence-electron chi connectivity index (χ2n) is 5.13.